The molecule has 43 heavy (non-hydrogen) atoms. The summed E-state index contributed by atoms with van der Waals surface area (Å²) in [7, 11) is 0. The van der Waals surface area contributed by atoms with Crippen molar-refractivity contribution in [3.63, 3.8) is 0 Å². The number of nitro benzene ring substituents is 1. The summed E-state index contributed by atoms with van der Waals surface area (Å²) in [5.41, 5.74) is 0.724. The summed E-state index contributed by atoms with van der Waals surface area (Å²) in [6.45, 7) is 2.59. The monoisotopic (exact) mass is 620 g/mol. The number of carbonyl (C=O) groups is 2. The minimum absolute atomic E-state index is 0.0835. The molecule has 1 N–H and O–H groups in total. The fourth-order valence-corrected chi connectivity index (χ4v) is 6.29. The summed E-state index contributed by atoms with van der Waals surface area (Å²) in [5.74, 6) is -1.80. The van der Waals surface area contributed by atoms with Crippen LogP contribution < -0.4 is 9.64 Å². The van der Waals surface area contributed by atoms with Crippen LogP contribution in [-0.2, 0) is 15.3 Å². The average molecular weight is 621 g/mol. The zero-order valence-electron chi connectivity index (χ0n) is 22.8. The largest absolute Gasteiger partial charge is 0.507 e. The van der Waals surface area contributed by atoms with Crippen LogP contribution in [0.25, 0.3) is 5.76 Å². The first-order chi connectivity index (χ1) is 20.8. The van der Waals surface area contributed by atoms with E-state index in [-0.39, 0.29) is 33.5 Å². The number of hydrogen-bond acceptors (Lipinski definition) is 10. The van der Waals surface area contributed by atoms with Gasteiger partial charge in [0.05, 0.1) is 23.1 Å². The van der Waals surface area contributed by atoms with E-state index < -0.39 is 28.4 Å². The summed E-state index contributed by atoms with van der Waals surface area (Å²) in [6.07, 6.45) is 1.86. The summed E-state index contributed by atoms with van der Waals surface area (Å²) in [5, 5.41) is 31.0. The molecule has 1 unspecified atom stereocenters. The molecule has 0 spiro atoms. The molecule has 3 aromatic carbocycles. The zero-order valence-corrected chi connectivity index (χ0v) is 24.4. The lowest BCUT2D eigenvalue weighted by Gasteiger charge is -2.22. The van der Waals surface area contributed by atoms with Gasteiger partial charge in [0.2, 0.25) is 5.13 Å². The molecule has 1 atom stereocenters. The lowest BCUT2D eigenvalue weighted by Crippen LogP contribution is -2.29. The Morgan fingerprint density at radius 2 is 1.81 bits per heavy atom. The van der Waals surface area contributed by atoms with Crippen LogP contribution in [0.5, 0.6) is 5.75 Å². The number of thioether (sulfide) groups is 1. The molecule has 4 aromatic rings. The number of unbranched alkanes of at least 4 members (excludes halogenated alkanes) is 1. The number of nitro groups is 1. The van der Waals surface area contributed by atoms with Crippen molar-refractivity contribution in [1.82, 2.24) is 10.2 Å². The number of Topliss-reactive ketones (excluding diaryl/α,β-unsaturated/α-hetero) is 1. The van der Waals surface area contributed by atoms with Crippen LogP contribution >= 0.6 is 23.1 Å². The average Bonchev–Trinajstić information content (AvgIpc) is 3.58. The van der Waals surface area contributed by atoms with Crippen LogP contribution in [0.1, 0.15) is 42.5 Å². The molecule has 1 aliphatic rings. The minimum atomic E-state index is -1.14. The molecule has 1 aromatic heterocycles. The molecule has 1 saturated heterocycles. The van der Waals surface area contributed by atoms with Gasteiger partial charge >= 0.3 is 5.91 Å². The van der Waals surface area contributed by atoms with Gasteiger partial charge in [-0.05, 0) is 60.0 Å². The molecule has 10 nitrogen and oxygen atoms in total. The number of carbonyl (C=O) groups excluding carboxylic acids is 2. The van der Waals surface area contributed by atoms with Crippen LogP contribution in [-0.4, -0.2) is 38.5 Å². The highest BCUT2D eigenvalue weighted by Crippen LogP contribution is 2.44. The number of hydrogen-bond donors (Lipinski definition) is 1. The van der Waals surface area contributed by atoms with E-state index in [0.717, 1.165) is 29.1 Å². The molecule has 5 rings (SSSR count). The van der Waals surface area contributed by atoms with Crippen LogP contribution in [0.4, 0.5) is 15.2 Å². The SMILES string of the molecule is CCCCOc1ccc(/C(O)=C2/C(=O)C(=O)N(c3nnc(SCc4ccccc4F)s3)C2c2ccc([N+](=O)[O-])cc2)cc1. The first-order valence-electron chi connectivity index (χ1n) is 13.3. The number of aliphatic hydroxyl groups is 1. The summed E-state index contributed by atoms with van der Waals surface area (Å²) in [4.78, 5) is 38.7. The van der Waals surface area contributed by atoms with Crippen molar-refractivity contribution in [3.8, 4) is 5.75 Å². The van der Waals surface area contributed by atoms with Crippen LogP contribution in [0, 0.1) is 15.9 Å². The van der Waals surface area contributed by atoms with Gasteiger partial charge in [0, 0.05) is 23.4 Å². The molecule has 0 radical (unpaired) electrons. The summed E-state index contributed by atoms with van der Waals surface area (Å²) < 4.78 is 20.2. The van der Waals surface area contributed by atoms with Gasteiger partial charge < -0.3 is 9.84 Å². The van der Waals surface area contributed by atoms with Gasteiger partial charge in [-0.15, -0.1) is 10.2 Å². The van der Waals surface area contributed by atoms with Gasteiger partial charge in [-0.25, -0.2) is 4.39 Å². The fourth-order valence-electron chi connectivity index (χ4n) is 4.44. The number of halogens is 1. The standard InChI is InChI=1S/C30H25FN4O6S2/c1-2-3-16-41-22-14-10-19(11-15-22)26(36)24-25(18-8-12-21(13-9-18)35(39)40)34(28(38)27(24)37)29-32-33-30(43-29)42-17-20-6-4-5-7-23(20)31/h4-15,25,36H,2-3,16-17H2,1H3/b26-24-. The van der Waals surface area contributed by atoms with Crippen LogP contribution in [0.3, 0.4) is 0 Å². The molecule has 2 heterocycles. The maximum absolute atomic E-state index is 14.1. The Labute approximate surface area is 254 Å². The Balaban J connectivity index is 1.51. The van der Waals surface area contributed by atoms with Crippen molar-refractivity contribution in [3.05, 3.63) is 111 Å². The lowest BCUT2D eigenvalue weighted by atomic mass is 9.95. The van der Waals surface area contributed by atoms with E-state index in [1.165, 1.54) is 42.1 Å². The Bertz CT molecular complexity index is 1690. The predicted octanol–water partition coefficient (Wildman–Crippen LogP) is 6.68. The van der Waals surface area contributed by atoms with Crippen molar-refractivity contribution in [1.29, 1.82) is 0 Å². The third-order valence-electron chi connectivity index (χ3n) is 6.67. The van der Waals surface area contributed by atoms with Crippen molar-refractivity contribution in [2.24, 2.45) is 0 Å². The molecule has 220 valence electrons. The molecule has 13 heteroatoms. The second kappa shape index (κ2) is 13.1. The van der Waals surface area contributed by atoms with Gasteiger partial charge in [-0.2, -0.15) is 0 Å². The molecular formula is C30H25FN4O6S2. The van der Waals surface area contributed by atoms with Crippen molar-refractivity contribution < 1.29 is 28.7 Å². The number of ketones is 1. The van der Waals surface area contributed by atoms with Crippen molar-refractivity contribution >= 4 is 51.4 Å². The number of amides is 1. The number of non-ortho nitro benzene ring substituents is 1. The topological polar surface area (TPSA) is 136 Å². The Morgan fingerprint density at radius 1 is 1.09 bits per heavy atom. The van der Waals surface area contributed by atoms with E-state index in [1.54, 1.807) is 42.5 Å². The zero-order chi connectivity index (χ0) is 30.5. The number of aromatic nitrogens is 2. The number of rotatable bonds is 11. The van der Waals surface area contributed by atoms with Crippen molar-refractivity contribution in [2.45, 2.75) is 35.9 Å². The van der Waals surface area contributed by atoms with E-state index in [4.69, 9.17) is 4.74 Å². The molecule has 0 bridgehead atoms. The Hall–Kier alpha value is -4.62. The minimum Gasteiger partial charge on any atom is -0.507 e. The molecule has 0 aliphatic carbocycles. The number of nitrogens with zero attached hydrogens (tertiary/aromatic N) is 4. The lowest BCUT2D eigenvalue weighted by molar-refractivity contribution is -0.384. The van der Waals surface area contributed by atoms with E-state index in [2.05, 4.69) is 17.1 Å². The smallest absolute Gasteiger partial charge is 0.301 e. The fraction of sp³-hybridized carbons (Fsp3) is 0.200. The first-order valence-corrected chi connectivity index (χ1v) is 15.1. The van der Waals surface area contributed by atoms with E-state index in [1.807, 2.05) is 0 Å². The second-order valence-corrected chi connectivity index (χ2v) is 11.7. The van der Waals surface area contributed by atoms with Gasteiger partial charge in [-0.3, -0.25) is 24.6 Å². The summed E-state index contributed by atoms with van der Waals surface area (Å²) in [6, 6.07) is 17.0. The van der Waals surface area contributed by atoms with Gasteiger partial charge in [0.15, 0.2) is 4.34 Å². The molecular weight excluding hydrogens is 595 g/mol. The number of ether oxygens (including phenoxy) is 1. The normalized spacial score (nSPS) is 16.0. The highest BCUT2D eigenvalue weighted by molar-refractivity contribution is 8.00. The van der Waals surface area contributed by atoms with Crippen LogP contribution in [0.15, 0.2) is 82.7 Å². The summed E-state index contributed by atoms with van der Waals surface area (Å²) >= 11 is 2.25. The van der Waals surface area contributed by atoms with E-state index in [0.29, 0.717) is 27.8 Å². The van der Waals surface area contributed by atoms with Crippen LogP contribution in [0.2, 0.25) is 0 Å². The number of anilines is 1. The quantitative estimate of drug-likeness (QED) is 0.0284. The molecule has 1 aliphatic heterocycles. The maximum Gasteiger partial charge on any atom is 0.301 e. The van der Waals surface area contributed by atoms with Gasteiger partial charge in [-0.1, -0.05) is 54.6 Å². The third-order valence-corrected chi connectivity index (χ3v) is 8.77. The first kappa shape index (κ1) is 29.9. The van der Waals surface area contributed by atoms with Gasteiger partial charge in [0.1, 0.15) is 17.3 Å². The van der Waals surface area contributed by atoms with E-state index in [9.17, 15) is 29.2 Å². The highest BCUT2D eigenvalue weighted by atomic mass is 32.2. The maximum atomic E-state index is 14.1. The molecule has 1 fully saturated rings. The number of benzene rings is 3. The molecule has 0 saturated carbocycles. The Kier molecular flexibility index (Phi) is 9.12. The predicted molar refractivity (Wildman–Crippen MR) is 161 cm³/mol. The van der Waals surface area contributed by atoms with Gasteiger partial charge in [0.25, 0.3) is 11.5 Å². The third kappa shape index (κ3) is 6.42. The molecule has 1 amide bonds. The number of aliphatic hydroxyl groups excluding tert-OH is 1. The Morgan fingerprint density at radius 3 is 2.49 bits per heavy atom. The van der Waals surface area contributed by atoms with Crippen molar-refractivity contribution in [2.75, 3.05) is 11.5 Å². The van der Waals surface area contributed by atoms with E-state index >= 15 is 0 Å². The second-order valence-electron chi connectivity index (χ2n) is 9.47. The highest BCUT2D eigenvalue weighted by Gasteiger charge is 2.48.